The molecule has 0 aliphatic carbocycles. The van der Waals surface area contributed by atoms with Gasteiger partial charge in [0, 0.05) is 25.8 Å². The Morgan fingerprint density at radius 1 is 1.29 bits per heavy atom. The Morgan fingerprint density at radius 2 is 1.96 bits per heavy atom. The normalized spacial score (nSPS) is 18.9. The maximum atomic E-state index is 12.7. The minimum absolute atomic E-state index is 0. The van der Waals surface area contributed by atoms with E-state index in [2.05, 4.69) is 0 Å². The van der Waals surface area contributed by atoms with Crippen molar-refractivity contribution in [2.24, 2.45) is 11.1 Å². The van der Waals surface area contributed by atoms with Crippen molar-refractivity contribution in [1.29, 1.82) is 0 Å². The van der Waals surface area contributed by atoms with E-state index in [9.17, 15) is 14.4 Å². The van der Waals surface area contributed by atoms with Gasteiger partial charge in [0.15, 0.2) is 0 Å². The highest BCUT2D eigenvalue weighted by Crippen LogP contribution is 2.26. The van der Waals surface area contributed by atoms with E-state index in [1.54, 1.807) is 24.1 Å². The first kappa shape index (κ1) is 22.3. The average molecular weight is 410 g/mol. The molecular weight excluding hydrogens is 382 g/mol. The molecule has 0 aromatic heterocycles. The van der Waals surface area contributed by atoms with Crippen LogP contribution in [-0.4, -0.2) is 66.9 Å². The van der Waals surface area contributed by atoms with Crippen LogP contribution in [0.15, 0.2) is 18.2 Å². The fourth-order valence-corrected chi connectivity index (χ4v) is 3.58. The molecule has 0 radical (unpaired) electrons. The second kappa shape index (κ2) is 8.59. The summed E-state index contributed by atoms with van der Waals surface area (Å²) in [7, 11) is 1.71. The third kappa shape index (κ3) is 4.37. The summed E-state index contributed by atoms with van der Waals surface area (Å²) >= 11 is 0. The lowest BCUT2D eigenvalue weighted by molar-refractivity contribution is 0.0475. The Morgan fingerprint density at radius 3 is 2.57 bits per heavy atom. The quantitative estimate of drug-likeness (QED) is 0.725. The number of nitrogens with zero attached hydrogens (tertiary/aromatic N) is 2. The van der Waals surface area contributed by atoms with Crippen molar-refractivity contribution in [1.82, 2.24) is 9.80 Å². The number of halogens is 1. The third-order valence-electron chi connectivity index (χ3n) is 5.19. The molecule has 1 aromatic rings. The molecule has 8 heteroatoms. The van der Waals surface area contributed by atoms with Crippen LogP contribution in [0.1, 0.15) is 57.8 Å². The summed E-state index contributed by atoms with van der Waals surface area (Å²) in [5, 5.41) is 0. The van der Waals surface area contributed by atoms with E-state index in [0.29, 0.717) is 30.8 Å². The fraction of sp³-hybridized carbons (Fsp3) is 0.550. The predicted molar refractivity (Wildman–Crippen MR) is 108 cm³/mol. The molecule has 1 aromatic carbocycles. The molecular formula is C20H28ClN3O4. The maximum Gasteiger partial charge on any atom is 0.261 e. The van der Waals surface area contributed by atoms with Crippen molar-refractivity contribution in [3.8, 4) is 0 Å². The van der Waals surface area contributed by atoms with E-state index >= 15 is 0 Å². The highest BCUT2D eigenvalue weighted by Gasteiger charge is 2.38. The Bertz CT molecular complexity index is 775. The van der Waals surface area contributed by atoms with Gasteiger partial charge in [-0.05, 0) is 43.0 Å². The van der Waals surface area contributed by atoms with Crippen LogP contribution in [0.3, 0.4) is 0 Å². The van der Waals surface area contributed by atoms with Gasteiger partial charge in [-0.2, -0.15) is 0 Å². The Hall–Kier alpha value is -1.96. The Labute approximate surface area is 171 Å². The predicted octanol–water partition coefficient (Wildman–Crippen LogP) is 1.94. The minimum Gasteiger partial charge on any atom is -0.376 e. The topological polar surface area (TPSA) is 92.9 Å². The van der Waals surface area contributed by atoms with Gasteiger partial charge in [0.25, 0.3) is 17.7 Å². The number of amides is 3. The molecule has 2 aliphatic rings. The van der Waals surface area contributed by atoms with Crippen molar-refractivity contribution in [3.05, 3.63) is 34.9 Å². The van der Waals surface area contributed by atoms with Gasteiger partial charge in [0.05, 0.1) is 23.8 Å². The number of rotatable bonds is 6. The maximum absolute atomic E-state index is 12.7. The molecule has 1 atom stereocenters. The van der Waals surface area contributed by atoms with Crippen molar-refractivity contribution in [2.45, 2.75) is 32.8 Å². The molecule has 28 heavy (non-hydrogen) atoms. The highest BCUT2D eigenvalue weighted by atomic mass is 35.5. The van der Waals surface area contributed by atoms with Crippen molar-refractivity contribution in [3.63, 3.8) is 0 Å². The van der Waals surface area contributed by atoms with Crippen molar-refractivity contribution < 1.29 is 19.1 Å². The zero-order valence-corrected chi connectivity index (χ0v) is 17.4. The van der Waals surface area contributed by atoms with Crippen LogP contribution in [0.2, 0.25) is 0 Å². The van der Waals surface area contributed by atoms with E-state index in [1.165, 1.54) is 11.0 Å². The number of nitrogens with two attached hydrogens (primary N) is 1. The molecule has 0 saturated carbocycles. The van der Waals surface area contributed by atoms with E-state index in [4.69, 9.17) is 10.5 Å². The fourth-order valence-electron chi connectivity index (χ4n) is 3.58. The molecule has 3 rings (SSSR count). The standard InChI is InChI=1S/C20H27N3O4.ClH/c1-20(2,11-21)12-22(3)17(24)13-6-7-15-16(9-13)19(26)23(18(15)25)10-14-5-4-8-27-14;/h6-7,9,14H,4-5,8,10-12,21H2,1-3H3;1H. The monoisotopic (exact) mass is 409 g/mol. The summed E-state index contributed by atoms with van der Waals surface area (Å²) in [5.41, 5.74) is 6.57. The largest absolute Gasteiger partial charge is 0.376 e. The van der Waals surface area contributed by atoms with Crippen LogP contribution in [0.5, 0.6) is 0 Å². The highest BCUT2D eigenvalue weighted by molar-refractivity contribution is 6.22. The van der Waals surface area contributed by atoms with Gasteiger partial charge in [-0.25, -0.2) is 0 Å². The first-order chi connectivity index (χ1) is 12.7. The number of benzene rings is 1. The SMILES string of the molecule is CN(CC(C)(C)CN)C(=O)c1ccc2c(c1)C(=O)N(CC1CCCO1)C2=O.Cl. The first-order valence-corrected chi connectivity index (χ1v) is 9.31. The number of imide groups is 1. The number of carbonyl (C=O) groups is 3. The lowest BCUT2D eigenvalue weighted by Crippen LogP contribution is -2.39. The zero-order chi connectivity index (χ0) is 19.8. The van der Waals surface area contributed by atoms with Gasteiger partial charge in [0.1, 0.15) is 0 Å². The van der Waals surface area contributed by atoms with Crippen molar-refractivity contribution in [2.75, 3.05) is 33.3 Å². The summed E-state index contributed by atoms with van der Waals surface area (Å²) in [5.74, 6) is -0.871. The number of hydrogen-bond acceptors (Lipinski definition) is 5. The molecule has 7 nitrogen and oxygen atoms in total. The van der Waals surface area contributed by atoms with E-state index < -0.39 is 0 Å². The lowest BCUT2D eigenvalue weighted by atomic mass is 9.93. The Balaban J connectivity index is 0.00000280. The molecule has 1 unspecified atom stereocenters. The molecule has 0 bridgehead atoms. The summed E-state index contributed by atoms with van der Waals surface area (Å²) in [6.45, 7) is 5.87. The van der Waals surface area contributed by atoms with Crippen LogP contribution in [-0.2, 0) is 4.74 Å². The summed E-state index contributed by atoms with van der Waals surface area (Å²) in [6, 6.07) is 4.70. The van der Waals surface area contributed by atoms with E-state index in [1.807, 2.05) is 13.8 Å². The summed E-state index contributed by atoms with van der Waals surface area (Å²) in [6.07, 6.45) is 1.69. The number of ether oxygens (including phenoxy) is 1. The molecule has 2 heterocycles. The number of carbonyl (C=O) groups excluding carboxylic acids is 3. The molecule has 2 N–H and O–H groups in total. The number of hydrogen-bond donors (Lipinski definition) is 1. The zero-order valence-electron chi connectivity index (χ0n) is 16.6. The smallest absolute Gasteiger partial charge is 0.261 e. The molecule has 0 spiro atoms. The molecule has 3 amide bonds. The van der Waals surface area contributed by atoms with Crippen molar-refractivity contribution >= 4 is 30.1 Å². The first-order valence-electron chi connectivity index (χ1n) is 9.31. The third-order valence-corrected chi connectivity index (χ3v) is 5.19. The Kier molecular flexibility index (Phi) is 6.85. The molecule has 1 fully saturated rings. The second-order valence-corrected chi connectivity index (χ2v) is 8.15. The van der Waals surface area contributed by atoms with Gasteiger partial charge in [-0.3, -0.25) is 19.3 Å². The lowest BCUT2D eigenvalue weighted by Gasteiger charge is -2.29. The van der Waals surface area contributed by atoms with Gasteiger partial charge in [-0.15, -0.1) is 12.4 Å². The van der Waals surface area contributed by atoms with Gasteiger partial charge in [-0.1, -0.05) is 13.8 Å². The van der Waals surface area contributed by atoms with Gasteiger partial charge in [0.2, 0.25) is 0 Å². The average Bonchev–Trinajstić information content (AvgIpc) is 3.23. The van der Waals surface area contributed by atoms with Crippen LogP contribution in [0.25, 0.3) is 0 Å². The van der Waals surface area contributed by atoms with E-state index in [-0.39, 0.29) is 53.8 Å². The molecule has 154 valence electrons. The molecule has 1 saturated heterocycles. The van der Waals surface area contributed by atoms with E-state index in [0.717, 1.165) is 12.8 Å². The summed E-state index contributed by atoms with van der Waals surface area (Å²) < 4.78 is 5.54. The van der Waals surface area contributed by atoms with Crippen LogP contribution in [0, 0.1) is 5.41 Å². The van der Waals surface area contributed by atoms with Gasteiger partial charge >= 0.3 is 0 Å². The minimum atomic E-state index is -0.356. The second-order valence-electron chi connectivity index (χ2n) is 8.15. The van der Waals surface area contributed by atoms with Crippen LogP contribution in [0.4, 0.5) is 0 Å². The summed E-state index contributed by atoms with van der Waals surface area (Å²) in [4.78, 5) is 40.9. The van der Waals surface area contributed by atoms with Crippen LogP contribution >= 0.6 is 12.4 Å². The number of fused-ring (bicyclic) bond motifs is 1. The van der Waals surface area contributed by atoms with Crippen LogP contribution < -0.4 is 5.73 Å². The van der Waals surface area contributed by atoms with Gasteiger partial charge < -0.3 is 15.4 Å². The molecule has 2 aliphatic heterocycles.